The second-order valence-corrected chi connectivity index (χ2v) is 5.32. The lowest BCUT2D eigenvalue weighted by Crippen LogP contribution is -2.02. The van der Waals surface area contributed by atoms with Crippen LogP contribution in [0.3, 0.4) is 0 Å². The van der Waals surface area contributed by atoms with E-state index in [4.69, 9.17) is 9.52 Å². The second-order valence-electron chi connectivity index (χ2n) is 5.32. The van der Waals surface area contributed by atoms with E-state index in [1.807, 2.05) is 19.9 Å². The lowest BCUT2D eigenvalue weighted by atomic mass is 10.1. The molecule has 3 rings (SSSR count). The van der Waals surface area contributed by atoms with Crippen LogP contribution in [0.25, 0.3) is 22.3 Å². The number of carboxylic acids is 1. The van der Waals surface area contributed by atoms with E-state index in [2.05, 4.69) is 0 Å². The number of carbonyl (C=O) groups is 1. The first kappa shape index (κ1) is 14.1. The van der Waals surface area contributed by atoms with Gasteiger partial charge in [-0.15, -0.1) is 0 Å². The van der Waals surface area contributed by atoms with E-state index < -0.39 is 5.97 Å². The summed E-state index contributed by atoms with van der Waals surface area (Å²) in [5.74, 6) is -0.649. The quantitative estimate of drug-likeness (QED) is 0.781. The molecule has 0 atom stereocenters. The molecule has 1 N–H and O–H groups in total. The fourth-order valence-corrected chi connectivity index (χ4v) is 2.56. The van der Waals surface area contributed by atoms with E-state index in [1.165, 1.54) is 18.2 Å². The first-order valence-electron chi connectivity index (χ1n) is 6.84. The molecule has 22 heavy (non-hydrogen) atoms. The molecule has 4 heteroatoms. The lowest BCUT2D eigenvalue weighted by molar-refractivity contribution is 0.0697. The van der Waals surface area contributed by atoms with Crippen molar-refractivity contribution in [2.75, 3.05) is 0 Å². The van der Waals surface area contributed by atoms with Gasteiger partial charge in [0.1, 0.15) is 11.3 Å². The van der Waals surface area contributed by atoms with E-state index in [0.29, 0.717) is 22.3 Å². The predicted octanol–water partition coefficient (Wildman–Crippen LogP) is 3.78. The molecule has 0 amide bonds. The maximum Gasteiger partial charge on any atom is 0.335 e. The molecule has 4 nitrogen and oxygen atoms in total. The average molecular weight is 294 g/mol. The van der Waals surface area contributed by atoms with Crippen molar-refractivity contribution in [2.24, 2.45) is 0 Å². The number of hydrogen-bond donors (Lipinski definition) is 1. The highest BCUT2D eigenvalue weighted by molar-refractivity contribution is 5.89. The SMILES string of the molecule is Cc1cc(C)c2oc(-c3cccc(C(=O)O)c3)cc(=O)c2c1. The Morgan fingerprint density at radius 3 is 2.59 bits per heavy atom. The van der Waals surface area contributed by atoms with Gasteiger partial charge < -0.3 is 9.52 Å². The van der Waals surface area contributed by atoms with Crippen LogP contribution in [0, 0.1) is 13.8 Å². The van der Waals surface area contributed by atoms with Gasteiger partial charge in [-0.3, -0.25) is 4.79 Å². The van der Waals surface area contributed by atoms with Crippen molar-refractivity contribution in [2.45, 2.75) is 13.8 Å². The van der Waals surface area contributed by atoms with Gasteiger partial charge in [-0.25, -0.2) is 4.79 Å². The van der Waals surface area contributed by atoms with Crippen molar-refractivity contribution in [1.82, 2.24) is 0 Å². The molecule has 0 bridgehead atoms. The van der Waals surface area contributed by atoms with E-state index >= 15 is 0 Å². The largest absolute Gasteiger partial charge is 0.478 e. The van der Waals surface area contributed by atoms with Crippen LogP contribution in [0.4, 0.5) is 0 Å². The van der Waals surface area contributed by atoms with Gasteiger partial charge in [0.25, 0.3) is 0 Å². The molecule has 0 saturated heterocycles. The van der Waals surface area contributed by atoms with Gasteiger partial charge in [-0.05, 0) is 43.2 Å². The minimum absolute atomic E-state index is 0.135. The minimum Gasteiger partial charge on any atom is -0.478 e. The van der Waals surface area contributed by atoms with E-state index in [1.54, 1.807) is 18.2 Å². The summed E-state index contributed by atoms with van der Waals surface area (Å²) >= 11 is 0. The predicted molar refractivity (Wildman–Crippen MR) is 84.4 cm³/mol. The Kier molecular flexibility index (Phi) is 3.29. The highest BCUT2D eigenvalue weighted by Gasteiger charge is 2.11. The Labute approximate surface area is 126 Å². The number of carboxylic acid groups (broad SMARTS) is 1. The van der Waals surface area contributed by atoms with Crippen LogP contribution >= 0.6 is 0 Å². The van der Waals surface area contributed by atoms with Crippen molar-refractivity contribution in [3.05, 3.63) is 69.4 Å². The summed E-state index contributed by atoms with van der Waals surface area (Å²) in [6.07, 6.45) is 0. The van der Waals surface area contributed by atoms with Gasteiger partial charge in [0.2, 0.25) is 0 Å². The number of benzene rings is 2. The molecule has 0 saturated carbocycles. The van der Waals surface area contributed by atoms with Crippen molar-refractivity contribution >= 4 is 16.9 Å². The molecule has 110 valence electrons. The fraction of sp³-hybridized carbons (Fsp3) is 0.111. The molecular formula is C18H14O4. The number of aromatic carboxylic acids is 1. The summed E-state index contributed by atoms with van der Waals surface area (Å²) in [7, 11) is 0. The molecule has 0 fully saturated rings. The Bertz CT molecular complexity index is 951. The third-order valence-corrected chi connectivity index (χ3v) is 3.55. The van der Waals surface area contributed by atoms with Crippen LogP contribution in [0.2, 0.25) is 0 Å². The zero-order valence-corrected chi connectivity index (χ0v) is 12.2. The minimum atomic E-state index is -1.02. The average Bonchev–Trinajstić information content (AvgIpc) is 2.48. The summed E-state index contributed by atoms with van der Waals surface area (Å²) in [6, 6.07) is 11.5. The lowest BCUT2D eigenvalue weighted by Gasteiger charge is -2.07. The van der Waals surface area contributed by atoms with E-state index in [-0.39, 0.29) is 11.0 Å². The first-order chi connectivity index (χ1) is 10.5. The summed E-state index contributed by atoms with van der Waals surface area (Å²) in [6.45, 7) is 3.81. The van der Waals surface area contributed by atoms with Crippen LogP contribution in [0.5, 0.6) is 0 Å². The molecule has 1 heterocycles. The van der Waals surface area contributed by atoms with Crippen LogP contribution in [-0.4, -0.2) is 11.1 Å². The zero-order valence-electron chi connectivity index (χ0n) is 12.2. The molecule has 2 aromatic carbocycles. The van der Waals surface area contributed by atoms with Gasteiger partial charge in [0.05, 0.1) is 10.9 Å². The van der Waals surface area contributed by atoms with Crippen LogP contribution in [-0.2, 0) is 0 Å². The molecule has 3 aromatic rings. The van der Waals surface area contributed by atoms with Crippen molar-refractivity contribution in [1.29, 1.82) is 0 Å². The Balaban J connectivity index is 2.27. The first-order valence-corrected chi connectivity index (χ1v) is 6.84. The van der Waals surface area contributed by atoms with Crippen LogP contribution in [0.15, 0.2) is 51.7 Å². The van der Waals surface area contributed by atoms with Gasteiger partial charge in [-0.2, -0.15) is 0 Å². The van der Waals surface area contributed by atoms with E-state index in [9.17, 15) is 9.59 Å². The number of fused-ring (bicyclic) bond motifs is 1. The highest BCUT2D eigenvalue weighted by Crippen LogP contribution is 2.25. The molecule has 1 aromatic heterocycles. The van der Waals surface area contributed by atoms with Gasteiger partial charge in [0.15, 0.2) is 5.43 Å². The monoisotopic (exact) mass is 294 g/mol. The Morgan fingerprint density at radius 1 is 1.09 bits per heavy atom. The molecular weight excluding hydrogens is 280 g/mol. The maximum absolute atomic E-state index is 12.3. The standard InChI is InChI=1S/C18H14O4/c1-10-6-11(2)17-14(7-10)15(19)9-16(22-17)12-4-3-5-13(8-12)18(20)21/h3-9H,1-2H3,(H,20,21). The van der Waals surface area contributed by atoms with Crippen LogP contribution < -0.4 is 5.43 Å². The molecule has 0 aliphatic carbocycles. The van der Waals surface area contributed by atoms with Gasteiger partial charge in [0, 0.05) is 11.6 Å². The highest BCUT2D eigenvalue weighted by atomic mass is 16.4. The molecule has 0 unspecified atom stereocenters. The Morgan fingerprint density at radius 2 is 1.86 bits per heavy atom. The summed E-state index contributed by atoms with van der Waals surface area (Å²) in [5, 5.41) is 9.60. The molecule has 0 spiro atoms. The number of aryl methyl sites for hydroxylation is 2. The zero-order chi connectivity index (χ0) is 15.9. The summed E-state index contributed by atoms with van der Waals surface area (Å²) < 4.78 is 5.86. The smallest absolute Gasteiger partial charge is 0.335 e. The van der Waals surface area contributed by atoms with Crippen LogP contribution in [0.1, 0.15) is 21.5 Å². The van der Waals surface area contributed by atoms with Crippen molar-refractivity contribution < 1.29 is 14.3 Å². The molecule has 0 aliphatic heterocycles. The second kappa shape index (κ2) is 5.15. The number of hydrogen-bond acceptors (Lipinski definition) is 3. The van der Waals surface area contributed by atoms with Crippen molar-refractivity contribution in [3.8, 4) is 11.3 Å². The summed E-state index contributed by atoms with van der Waals surface area (Å²) in [5.41, 5.74) is 3.00. The third-order valence-electron chi connectivity index (χ3n) is 3.55. The molecule has 0 aliphatic rings. The topological polar surface area (TPSA) is 67.5 Å². The van der Waals surface area contributed by atoms with E-state index in [0.717, 1.165) is 11.1 Å². The van der Waals surface area contributed by atoms with Crippen molar-refractivity contribution in [3.63, 3.8) is 0 Å². The number of rotatable bonds is 2. The van der Waals surface area contributed by atoms with Gasteiger partial charge in [-0.1, -0.05) is 18.2 Å². The van der Waals surface area contributed by atoms with Gasteiger partial charge >= 0.3 is 5.97 Å². The normalized spacial score (nSPS) is 10.8. The fourth-order valence-electron chi connectivity index (χ4n) is 2.56. The summed E-state index contributed by atoms with van der Waals surface area (Å²) in [4.78, 5) is 23.4. The Hall–Kier alpha value is -2.88. The maximum atomic E-state index is 12.3. The molecule has 0 radical (unpaired) electrons. The third kappa shape index (κ3) is 2.39.